The second kappa shape index (κ2) is 5.58. The van der Waals surface area contributed by atoms with Gasteiger partial charge in [-0.05, 0) is 25.3 Å². The van der Waals surface area contributed by atoms with E-state index in [1.165, 1.54) is 24.3 Å². The molecule has 0 amide bonds. The molecule has 0 heterocycles. The maximum Gasteiger partial charge on any atom is 0.437 e. The van der Waals surface area contributed by atoms with Gasteiger partial charge < -0.3 is 4.74 Å². The molecule has 0 bridgehead atoms. The SMILES string of the molecule is CC(OC(=C1CC1)c1ccc(C=O)cc1)(C(F)(F)F)C(F)(F)F. The number of rotatable bonds is 4. The molecule has 2 nitrogen and oxygen atoms in total. The van der Waals surface area contributed by atoms with E-state index in [0.717, 1.165) is 0 Å². The van der Waals surface area contributed by atoms with Crippen molar-refractivity contribution in [2.75, 3.05) is 0 Å². The van der Waals surface area contributed by atoms with Crippen LogP contribution in [0.4, 0.5) is 26.3 Å². The standard InChI is InChI=1S/C15H12F6O2/c1-13(14(16,17)18,15(19,20)21)23-12(11-6-7-11)10-4-2-9(8-22)3-5-10/h2-5,8H,6-7H2,1H3. The molecular formula is C15H12F6O2. The summed E-state index contributed by atoms with van der Waals surface area (Å²) in [6.45, 7) is -0.0320. The number of benzene rings is 1. The summed E-state index contributed by atoms with van der Waals surface area (Å²) in [4.78, 5) is 10.6. The third-order valence-electron chi connectivity index (χ3n) is 3.52. The van der Waals surface area contributed by atoms with Gasteiger partial charge in [0.2, 0.25) is 0 Å². The van der Waals surface area contributed by atoms with Crippen molar-refractivity contribution in [1.82, 2.24) is 0 Å². The highest BCUT2D eigenvalue weighted by Gasteiger charge is 2.70. The number of allylic oxidation sites excluding steroid dienone is 1. The van der Waals surface area contributed by atoms with Crippen LogP contribution in [0.15, 0.2) is 29.8 Å². The second-order valence-corrected chi connectivity index (χ2v) is 5.30. The normalized spacial score (nSPS) is 15.3. The van der Waals surface area contributed by atoms with Crippen molar-refractivity contribution in [3.05, 3.63) is 41.0 Å². The average molecular weight is 338 g/mol. The number of aldehydes is 1. The molecular weight excluding hydrogens is 326 g/mol. The van der Waals surface area contributed by atoms with E-state index in [1.807, 2.05) is 0 Å². The summed E-state index contributed by atoms with van der Waals surface area (Å²) in [6, 6.07) is 5.12. The Hall–Kier alpha value is -1.99. The van der Waals surface area contributed by atoms with E-state index in [0.29, 0.717) is 24.7 Å². The second-order valence-electron chi connectivity index (χ2n) is 5.30. The van der Waals surface area contributed by atoms with Crippen molar-refractivity contribution in [3.8, 4) is 0 Å². The van der Waals surface area contributed by atoms with E-state index in [2.05, 4.69) is 4.74 Å². The maximum atomic E-state index is 13.0. The zero-order chi connectivity index (χ0) is 17.5. The zero-order valence-corrected chi connectivity index (χ0v) is 11.9. The van der Waals surface area contributed by atoms with Crippen molar-refractivity contribution in [2.24, 2.45) is 0 Å². The lowest BCUT2D eigenvalue weighted by Crippen LogP contribution is -2.56. The van der Waals surface area contributed by atoms with E-state index in [9.17, 15) is 31.1 Å². The van der Waals surface area contributed by atoms with Crippen LogP contribution in [0.25, 0.3) is 5.76 Å². The van der Waals surface area contributed by atoms with Gasteiger partial charge >= 0.3 is 12.4 Å². The first kappa shape index (κ1) is 17.4. The van der Waals surface area contributed by atoms with Crippen LogP contribution in [-0.4, -0.2) is 24.2 Å². The third kappa shape index (κ3) is 3.35. The van der Waals surface area contributed by atoms with Gasteiger partial charge in [0.1, 0.15) is 12.0 Å². The summed E-state index contributed by atoms with van der Waals surface area (Å²) >= 11 is 0. The quantitative estimate of drug-likeness (QED) is 0.443. The first-order valence-electron chi connectivity index (χ1n) is 6.59. The van der Waals surface area contributed by atoms with Crippen LogP contribution < -0.4 is 0 Å². The van der Waals surface area contributed by atoms with Crippen LogP contribution >= 0.6 is 0 Å². The summed E-state index contributed by atoms with van der Waals surface area (Å²) in [7, 11) is 0. The lowest BCUT2D eigenvalue weighted by Gasteiger charge is -2.35. The lowest BCUT2D eigenvalue weighted by molar-refractivity contribution is -0.357. The topological polar surface area (TPSA) is 26.3 Å². The van der Waals surface area contributed by atoms with E-state index < -0.39 is 23.7 Å². The highest BCUT2D eigenvalue weighted by molar-refractivity contribution is 5.76. The molecule has 1 aromatic carbocycles. The Labute approximate surface area is 127 Å². The van der Waals surface area contributed by atoms with Gasteiger partial charge in [-0.25, -0.2) is 0 Å². The van der Waals surface area contributed by atoms with Gasteiger partial charge in [-0.1, -0.05) is 24.3 Å². The number of alkyl halides is 6. The summed E-state index contributed by atoms with van der Waals surface area (Å²) in [5, 5.41) is 0. The molecule has 0 aliphatic heterocycles. The molecule has 1 saturated carbocycles. The van der Waals surface area contributed by atoms with E-state index >= 15 is 0 Å². The molecule has 0 N–H and O–H groups in total. The minimum atomic E-state index is -5.63. The molecule has 0 spiro atoms. The fourth-order valence-electron chi connectivity index (χ4n) is 1.82. The van der Waals surface area contributed by atoms with Crippen molar-refractivity contribution < 1.29 is 35.9 Å². The van der Waals surface area contributed by atoms with Gasteiger partial charge in [0, 0.05) is 11.1 Å². The molecule has 1 fully saturated rings. The Kier molecular flexibility index (Phi) is 4.21. The Balaban J connectivity index is 2.43. The fraction of sp³-hybridized carbons (Fsp3) is 0.400. The number of hydrogen-bond acceptors (Lipinski definition) is 2. The maximum absolute atomic E-state index is 13.0. The van der Waals surface area contributed by atoms with Gasteiger partial charge in [0.05, 0.1) is 0 Å². The molecule has 1 aliphatic rings. The van der Waals surface area contributed by atoms with E-state index in [-0.39, 0.29) is 18.1 Å². The summed E-state index contributed by atoms with van der Waals surface area (Å²) in [5.41, 5.74) is -3.61. The van der Waals surface area contributed by atoms with Crippen molar-refractivity contribution >= 4 is 12.0 Å². The first-order valence-corrected chi connectivity index (χ1v) is 6.59. The molecule has 0 aromatic heterocycles. The van der Waals surface area contributed by atoms with Crippen molar-refractivity contribution in [1.29, 1.82) is 0 Å². The molecule has 0 unspecified atom stereocenters. The van der Waals surface area contributed by atoms with Crippen LogP contribution in [0.5, 0.6) is 0 Å². The predicted octanol–water partition coefficient (Wildman–Crippen LogP) is 4.90. The molecule has 23 heavy (non-hydrogen) atoms. The molecule has 1 aromatic rings. The molecule has 0 saturated heterocycles. The molecule has 8 heteroatoms. The molecule has 0 atom stereocenters. The smallest absolute Gasteiger partial charge is 0.437 e. The van der Waals surface area contributed by atoms with Gasteiger partial charge in [0.15, 0.2) is 0 Å². The third-order valence-corrected chi connectivity index (χ3v) is 3.52. The zero-order valence-electron chi connectivity index (χ0n) is 11.9. The number of carbonyl (C=O) groups is 1. The summed E-state index contributed by atoms with van der Waals surface area (Å²) < 4.78 is 82.3. The predicted molar refractivity (Wildman–Crippen MR) is 69.6 cm³/mol. The van der Waals surface area contributed by atoms with E-state index in [4.69, 9.17) is 0 Å². The summed E-state index contributed by atoms with van der Waals surface area (Å²) in [5.74, 6) is -0.431. The van der Waals surface area contributed by atoms with Crippen LogP contribution in [0.3, 0.4) is 0 Å². The van der Waals surface area contributed by atoms with Crippen LogP contribution in [0, 0.1) is 0 Å². The Morgan fingerprint density at radius 1 is 1.00 bits per heavy atom. The van der Waals surface area contributed by atoms with Crippen molar-refractivity contribution in [3.63, 3.8) is 0 Å². The van der Waals surface area contributed by atoms with Gasteiger partial charge in [-0.3, -0.25) is 4.79 Å². The van der Waals surface area contributed by atoms with Crippen molar-refractivity contribution in [2.45, 2.75) is 37.7 Å². The molecule has 2 rings (SSSR count). The van der Waals surface area contributed by atoms with Crippen LogP contribution in [0.2, 0.25) is 0 Å². The number of ether oxygens (including phenoxy) is 1. The number of carbonyl (C=O) groups excluding carboxylic acids is 1. The minimum absolute atomic E-state index is 0.0320. The number of hydrogen-bond donors (Lipinski definition) is 0. The minimum Gasteiger partial charge on any atom is -0.468 e. The molecule has 1 aliphatic carbocycles. The van der Waals surface area contributed by atoms with E-state index in [1.54, 1.807) is 0 Å². The average Bonchev–Trinajstić information content (AvgIpc) is 3.26. The van der Waals surface area contributed by atoms with Crippen LogP contribution in [0.1, 0.15) is 35.7 Å². The fourth-order valence-corrected chi connectivity index (χ4v) is 1.82. The van der Waals surface area contributed by atoms with Crippen LogP contribution in [-0.2, 0) is 4.74 Å². The first-order chi connectivity index (χ1) is 10.5. The van der Waals surface area contributed by atoms with Gasteiger partial charge in [-0.2, -0.15) is 26.3 Å². The Morgan fingerprint density at radius 2 is 1.48 bits per heavy atom. The highest BCUT2D eigenvalue weighted by atomic mass is 19.4. The number of halogens is 6. The highest BCUT2D eigenvalue weighted by Crippen LogP contribution is 2.50. The largest absolute Gasteiger partial charge is 0.468 e. The lowest BCUT2D eigenvalue weighted by atomic mass is 10.0. The summed E-state index contributed by atoms with van der Waals surface area (Å²) in [6.07, 6.45) is -10.00. The Morgan fingerprint density at radius 3 is 1.83 bits per heavy atom. The Bertz CT molecular complexity index is 605. The molecule has 126 valence electrons. The molecule has 0 radical (unpaired) electrons. The monoisotopic (exact) mass is 338 g/mol. The van der Waals surface area contributed by atoms with Gasteiger partial charge in [-0.15, -0.1) is 0 Å². The van der Waals surface area contributed by atoms with Gasteiger partial charge in [0.25, 0.3) is 5.60 Å².